The van der Waals surface area contributed by atoms with Crippen molar-refractivity contribution in [2.24, 2.45) is 0 Å². The minimum absolute atomic E-state index is 0.0476. The van der Waals surface area contributed by atoms with E-state index in [1.165, 1.54) is 7.11 Å². The van der Waals surface area contributed by atoms with E-state index in [9.17, 15) is 14.7 Å². The number of para-hydroxylation sites is 1. The van der Waals surface area contributed by atoms with E-state index in [4.69, 9.17) is 13.9 Å². The van der Waals surface area contributed by atoms with Crippen LogP contribution in [0.2, 0.25) is 0 Å². The van der Waals surface area contributed by atoms with Gasteiger partial charge in [-0.05, 0) is 36.2 Å². The van der Waals surface area contributed by atoms with E-state index in [-0.39, 0.29) is 30.2 Å². The Morgan fingerprint density at radius 3 is 2.55 bits per heavy atom. The molecule has 1 aromatic heterocycles. The fraction of sp³-hybridized carbons (Fsp3) is 0.273. The van der Waals surface area contributed by atoms with Crippen molar-refractivity contribution >= 4 is 16.9 Å². The molecule has 2 aromatic carbocycles. The van der Waals surface area contributed by atoms with Gasteiger partial charge in [0.2, 0.25) is 5.76 Å². The molecule has 2 heterocycles. The summed E-state index contributed by atoms with van der Waals surface area (Å²) in [5.74, 6) is 0.731. The van der Waals surface area contributed by atoms with Crippen LogP contribution in [0.3, 0.4) is 0 Å². The van der Waals surface area contributed by atoms with Crippen molar-refractivity contribution in [1.82, 2.24) is 4.90 Å². The minimum atomic E-state index is -0.635. The monoisotopic (exact) mass is 395 g/mol. The number of hydrogen-bond acceptors (Lipinski definition) is 6. The van der Waals surface area contributed by atoms with Crippen LogP contribution in [-0.4, -0.2) is 43.3 Å². The van der Waals surface area contributed by atoms with Crippen molar-refractivity contribution in [3.8, 4) is 11.5 Å². The first-order valence-electron chi connectivity index (χ1n) is 9.30. The van der Waals surface area contributed by atoms with Gasteiger partial charge in [0.25, 0.3) is 5.91 Å². The van der Waals surface area contributed by atoms with Gasteiger partial charge in [0, 0.05) is 13.2 Å². The van der Waals surface area contributed by atoms with Gasteiger partial charge in [-0.25, -0.2) is 0 Å². The first kappa shape index (κ1) is 19.0. The Morgan fingerprint density at radius 2 is 1.83 bits per heavy atom. The number of amides is 1. The molecule has 7 nitrogen and oxygen atoms in total. The highest BCUT2D eigenvalue weighted by atomic mass is 16.5. The normalized spacial score (nSPS) is 15.6. The van der Waals surface area contributed by atoms with Gasteiger partial charge in [-0.15, -0.1) is 0 Å². The molecule has 0 unspecified atom stereocenters. The quantitative estimate of drug-likeness (QED) is 0.690. The zero-order chi connectivity index (χ0) is 20.5. The summed E-state index contributed by atoms with van der Waals surface area (Å²) in [7, 11) is 3.07. The third-order valence-electron chi connectivity index (χ3n) is 5.15. The lowest BCUT2D eigenvalue weighted by Gasteiger charge is -2.25. The Kier molecular flexibility index (Phi) is 4.98. The van der Waals surface area contributed by atoms with Crippen molar-refractivity contribution in [2.45, 2.75) is 12.5 Å². The molecule has 0 spiro atoms. The SMILES string of the molecule is COc1ccc([C@H]2c3c(oc4ccccc4c3=O)C(=O)N2CCCO)cc1OC. The third kappa shape index (κ3) is 3.03. The zero-order valence-electron chi connectivity index (χ0n) is 16.2. The number of ether oxygens (including phenoxy) is 2. The van der Waals surface area contributed by atoms with Crippen LogP contribution in [-0.2, 0) is 0 Å². The van der Waals surface area contributed by atoms with Crippen molar-refractivity contribution in [3.05, 3.63) is 69.6 Å². The van der Waals surface area contributed by atoms with E-state index >= 15 is 0 Å². The molecule has 29 heavy (non-hydrogen) atoms. The molecule has 0 radical (unpaired) electrons. The van der Waals surface area contributed by atoms with Gasteiger partial charge >= 0.3 is 0 Å². The number of aliphatic hydroxyl groups is 1. The van der Waals surface area contributed by atoms with E-state index < -0.39 is 6.04 Å². The number of carbonyl (C=O) groups is 1. The molecular formula is C22H21NO6. The van der Waals surface area contributed by atoms with Crippen molar-refractivity contribution in [1.29, 1.82) is 0 Å². The molecule has 4 rings (SSSR count). The molecule has 1 amide bonds. The second-order valence-electron chi connectivity index (χ2n) is 6.76. The van der Waals surface area contributed by atoms with Crippen LogP contribution in [0.25, 0.3) is 11.0 Å². The van der Waals surface area contributed by atoms with Crippen LogP contribution in [0.4, 0.5) is 0 Å². The summed E-state index contributed by atoms with van der Waals surface area (Å²) in [6.45, 7) is 0.219. The first-order chi connectivity index (χ1) is 14.1. The highest BCUT2D eigenvalue weighted by molar-refractivity contribution is 5.99. The standard InChI is InChI=1S/C22H21NO6/c1-27-16-9-8-13(12-17(16)28-2)19-18-20(25)14-6-3-4-7-15(14)29-21(18)22(26)23(19)10-5-11-24/h3-4,6-9,12,19,24H,5,10-11H2,1-2H3/t19-/m0/s1. The van der Waals surface area contributed by atoms with Crippen molar-refractivity contribution < 1.29 is 23.8 Å². The summed E-state index contributed by atoms with van der Waals surface area (Å²) in [5.41, 5.74) is 1.15. The molecule has 1 atom stereocenters. The second-order valence-corrected chi connectivity index (χ2v) is 6.76. The molecule has 1 aliphatic rings. The van der Waals surface area contributed by atoms with E-state index in [1.807, 2.05) is 0 Å². The van der Waals surface area contributed by atoms with Crippen LogP contribution in [0.15, 0.2) is 51.7 Å². The summed E-state index contributed by atoms with van der Waals surface area (Å²) in [6, 6.07) is 11.5. The maximum absolute atomic E-state index is 13.3. The number of rotatable bonds is 6. The van der Waals surface area contributed by atoms with Gasteiger partial charge in [0.05, 0.1) is 31.2 Å². The Morgan fingerprint density at radius 1 is 1.07 bits per heavy atom. The van der Waals surface area contributed by atoms with Crippen molar-refractivity contribution in [2.75, 3.05) is 27.4 Å². The maximum Gasteiger partial charge on any atom is 0.290 e. The average Bonchev–Trinajstić information content (AvgIpc) is 3.03. The highest BCUT2D eigenvalue weighted by Gasteiger charge is 2.42. The summed E-state index contributed by atoms with van der Waals surface area (Å²) < 4.78 is 16.5. The number of carbonyl (C=O) groups excluding carboxylic acids is 1. The largest absolute Gasteiger partial charge is 0.493 e. The maximum atomic E-state index is 13.3. The predicted molar refractivity (Wildman–Crippen MR) is 107 cm³/mol. The molecule has 1 aliphatic heterocycles. The number of nitrogens with zero attached hydrogens (tertiary/aromatic N) is 1. The smallest absolute Gasteiger partial charge is 0.290 e. The number of hydrogen-bond donors (Lipinski definition) is 1. The average molecular weight is 395 g/mol. The number of methoxy groups -OCH3 is 2. The number of benzene rings is 2. The lowest BCUT2D eigenvalue weighted by Crippen LogP contribution is -2.31. The van der Waals surface area contributed by atoms with E-state index in [0.717, 1.165) is 0 Å². The molecular weight excluding hydrogens is 374 g/mol. The summed E-state index contributed by atoms with van der Waals surface area (Å²) in [4.78, 5) is 28.0. The fourth-order valence-electron chi connectivity index (χ4n) is 3.81. The van der Waals surface area contributed by atoms with E-state index in [1.54, 1.807) is 54.5 Å². The van der Waals surface area contributed by atoms with Gasteiger partial charge in [0.15, 0.2) is 16.9 Å². The summed E-state index contributed by atoms with van der Waals surface area (Å²) in [6.07, 6.45) is 0.386. The van der Waals surface area contributed by atoms with Gasteiger partial charge < -0.3 is 23.9 Å². The van der Waals surface area contributed by atoms with Gasteiger partial charge in [-0.1, -0.05) is 18.2 Å². The van der Waals surface area contributed by atoms with Crippen LogP contribution in [0.1, 0.15) is 34.1 Å². The van der Waals surface area contributed by atoms with Crippen LogP contribution < -0.4 is 14.9 Å². The highest BCUT2D eigenvalue weighted by Crippen LogP contribution is 2.40. The van der Waals surface area contributed by atoms with E-state index in [0.29, 0.717) is 40.0 Å². The number of fused-ring (bicyclic) bond motifs is 2. The Labute approximate surface area is 167 Å². The lowest BCUT2D eigenvalue weighted by atomic mass is 9.98. The first-order valence-corrected chi connectivity index (χ1v) is 9.30. The van der Waals surface area contributed by atoms with Gasteiger partial charge in [-0.3, -0.25) is 9.59 Å². The van der Waals surface area contributed by atoms with E-state index in [2.05, 4.69) is 0 Å². The van der Waals surface area contributed by atoms with Crippen LogP contribution >= 0.6 is 0 Å². The van der Waals surface area contributed by atoms with Crippen LogP contribution in [0, 0.1) is 0 Å². The molecule has 0 aliphatic carbocycles. The predicted octanol–water partition coefficient (Wildman–Crippen LogP) is 2.74. The molecule has 150 valence electrons. The second kappa shape index (κ2) is 7.60. The Balaban J connectivity index is 1.95. The Hall–Kier alpha value is -3.32. The van der Waals surface area contributed by atoms with Gasteiger partial charge in [-0.2, -0.15) is 0 Å². The molecule has 0 bridgehead atoms. The summed E-state index contributed by atoms with van der Waals surface area (Å²) >= 11 is 0. The van der Waals surface area contributed by atoms with Crippen molar-refractivity contribution in [3.63, 3.8) is 0 Å². The fourth-order valence-corrected chi connectivity index (χ4v) is 3.81. The topological polar surface area (TPSA) is 89.2 Å². The molecule has 0 saturated heterocycles. The van der Waals surface area contributed by atoms with Crippen LogP contribution in [0.5, 0.6) is 11.5 Å². The Bertz CT molecular complexity index is 1140. The zero-order valence-corrected chi connectivity index (χ0v) is 16.2. The van der Waals surface area contributed by atoms with Gasteiger partial charge in [0.1, 0.15) is 5.58 Å². The minimum Gasteiger partial charge on any atom is -0.493 e. The summed E-state index contributed by atoms with van der Waals surface area (Å²) in [5, 5.41) is 9.71. The molecule has 3 aromatic rings. The third-order valence-corrected chi connectivity index (χ3v) is 5.15. The molecule has 1 N–H and O–H groups in total. The molecule has 0 fully saturated rings. The number of aliphatic hydroxyl groups excluding tert-OH is 1. The lowest BCUT2D eigenvalue weighted by molar-refractivity contribution is 0.0716. The molecule has 0 saturated carbocycles. The molecule has 7 heteroatoms.